The molecule has 1 unspecified atom stereocenters. The zero-order valence-electron chi connectivity index (χ0n) is 16.0. The lowest BCUT2D eigenvalue weighted by Gasteiger charge is -2.33. The van der Waals surface area contributed by atoms with E-state index in [0.29, 0.717) is 11.3 Å². The van der Waals surface area contributed by atoms with Crippen molar-refractivity contribution in [2.45, 2.75) is 51.0 Å². The van der Waals surface area contributed by atoms with Crippen molar-refractivity contribution in [2.24, 2.45) is 0 Å². The molecule has 0 aromatic heterocycles. The Balaban J connectivity index is 1.75. The van der Waals surface area contributed by atoms with Crippen molar-refractivity contribution in [1.29, 1.82) is 0 Å². The second kappa shape index (κ2) is 7.72. The van der Waals surface area contributed by atoms with E-state index in [1.807, 2.05) is 18.7 Å². The number of carbonyl (C=O) groups is 1. The number of piperidine rings is 1. The van der Waals surface area contributed by atoms with Crippen LogP contribution < -0.4 is 4.72 Å². The summed E-state index contributed by atoms with van der Waals surface area (Å²) in [5.41, 5.74) is 2.99. The molecule has 1 atom stereocenters. The van der Waals surface area contributed by atoms with Crippen molar-refractivity contribution in [3.05, 3.63) is 59.2 Å². The molecule has 27 heavy (non-hydrogen) atoms. The number of anilines is 1. The van der Waals surface area contributed by atoms with E-state index >= 15 is 0 Å². The molecule has 6 heteroatoms. The number of hydrogen-bond acceptors (Lipinski definition) is 3. The maximum atomic E-state index is 12.7. The van der Waals surface area contributed by atoms with Gasteiger partial charge in [0.1, 0.15) is 0 Å². The number of sulfonamides is 1. The Labute approximate surface area is 161 Å². The highest BCUT2D eigenvalue weighted by molar-refractivity contribution is 7.92. The van der Waals surface area contributed by atoms with Gasteiger partial charge in [0.05, 0.1) is 4.90 Å². The predicted molar refractivity (Wildman–Crippen MR) is 108 cm³/mol. The number of amides is 1. The number of nitrogens with one attached hydrogen (secondary N) is 1. The zero-order valence-corrected chi connectivity index (χ0v) is 16.8. The van der Waals surface area contributed by atoms with Gasteiger partial charge in [-0.3, -0.25) is 9.52 Å². The lowest BCUT2D eigenvalue weighted by Crippen LogP contribution is -2.42. The average molecular weight is 387 g/mol. The summed E-state index contributed by atoms with van der Waals surface area (Å²) in [4.78, 5) is 14.8. The molecule has 0 saturated carbocycles. The molecule has 2 aromatic rings. The van der Waals surface area contributed by atoms with Crippen molar-refractivity contribution in [1.82, 2.24) is 4.90 Å². The van der Waals surface area contributed by atoms with Crippen LogP contribution in [0.4, 0.5) is 5.69 Å². The van der Waals surface area contributed by atoms with Gasteiger partial charge in [0, 0.05) is 23.8 Å². The van der Waals surface area contributed by atoms with Crippen molar-refractivity contribution < 1.29 is 13.2 Å². The second-order valence-corrected chi connectivity index (χ2v) is 8.95. The first kappa shape index (κ1) is 19.4. The molecule has 0 aliphatic carbocycles. The maximum Gasteiger partial charge on any atom is 0.261 e. The molecule has 1 saturated heterocycles. The summed E-state index contributed by atoms with van der Waals surface area (Å²) in [6, 6.07) is 11.9. The van der Waals surface area contributed by atoms with Crippen LogP contribution >= 0.6 is 0 Å². The van der Waals surface area contributed by atoms with Crippen molar-refractivity contribution in [3.63, 3.8) is 0 Å². The van der Waals surface area contributed by atoms with Crippen LogP contribution in [-0.4, -0.2) is 31.8 Å². The van der Waals surface area contributed by atoms with Crippen LogP contribution in [0.15, 0.2) is 47.4 Å². The normalized spacial score (nSPS) is 17.6. The first-order valence-electron chi connectivity index (χ1n) is 9.29. The van der Waals surface area contributed by atoms with E-state index in [-0.39, 0.29) is 16.8 Å². The molecule has 1 fully saturated rings. The smallest absolute Gasteiger partial charge is 0.261 e. The van der Waals surface area contributed by atoms with Crippen LogP contribution in [0, 0.1) is 13.8 Å². The lowest BCUT2D eigenvalue weighted by atomic mass is 10.0. The predicted octanol–water partition coefficient (Wildman–Crippen LogP) is 4.12. The van der Waals surface area contributed by atoms with Gasteiger partial charge < -0.3 is 4.90 Å². The number of carbonyl (C=O) groups excluding carboxylic acids is 1. The van der Waals surface area contributed by atoms with E-state index in [9.17, 15) is 13.2 Å². The highest BCUT2D eigenvalue weighted by atomic mass is 32.2. The molecular weight excluding hydrogens is 360 g/mol. The molecule has 1 aliphatic rings. The molecule has 1 N–H and O–H groups in total. The van der Waals surface area contributed by atoms with Crippen LogP contribution in [0.1, 0.15) is 47.7 Å². The minimum Gasteiger partial charge on any atom is -0.336 e. The summed E-state index contributed by atoms with van der Waals surface area (Å²) in [5, 5.41) is 0. The quantitative estimate of drug-likeness (QED) is 0.859. The van der Waals surface area contributed by atoms with E-state index in [4.69, 9.17) is 0 Å². The molecule has 0 radical (unpaired) electrons. The summed E-state index contributed by atoms with van der Waals surface area (Å²) in [6.45, 7) is 6.68. The highest BCUT2D eigenvalue weighted by Gasteiger charge is 2.24. The van der Waals surface area contributed by atoms with Crippen LogP contribution in [-0.2, 0) is 10.0 Å². The Morgan fingerprint density at radius 3 is 2.37 bits per heavy atom. The Morgan fingerprint density at radius 2 is 1.74 bits per heavy atom. The molecule has 5 nitrogen and oxygen atoms in total. The van der Waals surface area contributed by atoms with Gasteiger partial charge in [-0.15, -0.1) is 0 Å². The Bertz CT molecular complexity index is 936. The lowest BCUT2D eigenvalue weighted by molar-refractivity contribution is 0.0635. The fourth-order valence-electron chi connectivity index (χ4n) is 3.34. The molecule has 1 aliphatic heterocycles. The Morgan fingerprint density at radius 1 is 1.04 bits per heavy atom. The van der Waals surface area contributed by atoms with Gasteiger partial charge >= 0.3 is 0 Å². The first-order chi connectivity index (χ1) is 12.8. The number of hydrogen-bond donors (Lipinski definition) is 1. The summed E-state index contributed by atoms with van der Waals surface area (Å²) < 4.78 is 27.8. The molecule has 1 amide bonds. The van der Waals surface area contributed by atoms with Crippen molar-refractivity contribution >= 4 is 21.6 Å². The Hall–Kier alpha value is -2.34. The average Bonchev–Trinajstić information content (AvgIpc) is 2.64. The zero-order chi connectivity index (χ0) is 19.6. The number of aryl methyl sites for hydroxylation is 2. The molecule has 0 bridgehead atoms. The van der Waals surface area contributed by atoms with E-state index in [0.717, 1.165) is 36.9 Å². The molecule has 2 aromatic carbocycles. The molecular formula is C21H26N2O3S. The fraction of sp³-hybridized carbons (Fsp3) is 0.381. The van der Waals surface area contributed by atoms with E-state index in [2.05, 4.69) is 11.6 Å². The number of benzene rings is 2. The van der Waals surface area contributed by atoms with E-state index in [1.54, 1.807) is 42.5 Å². The van der Waals surface area contributed by atoms with Gasteiger partial charge in [0.2, 0.25) is 0 Å². The summed E-state index contributed by atoms with van der Waals surface area (Å²) >= 11 is 0. The van der Waals surface area contributed by atoms with E-state index < -0.39 is 10.0 Å². The summed E-state index contributed by atoms with van der Waals surface area (Å²) in [6.07, 6.45) is 3.22. The monoisotopic (exact) mass is 386 g/mol. The van der Waals surface area contributed by atoms with Gasteiger partial charge in [0.15, 0.2) is 0 Å². The third-order valence-corrected chi connectivity index (χ3v) is 6.62. The molecule has 3 rings (SSSR count). The highest BCUT2D eigenvalue weighted by Crippen LogP contribution is 2.22. The van der Waals surface area contributed by atoms with Gasteiger partial charge in [-0.2, -0.15) is 0 Å². The standard InChI is InChI=1S/C21H26N2O3S/c1-15-7-12-20(14-16(15)2)27(25,26)22-19-10-8-18(9-11-19)21(24)23-13-5-4-6-17(23)3/h7-12,14,17,22H,4-6,13H2,1-3H3. The third kappa shape index (κ3) is 4.33. The van der Waals surface area contributed by atoms with Gasteiger partial charge in [-0.05, 0) is 87.6 Å². The number of rotatable bonds is 4. The van der Waals surface area contributed by atoms with Crippen LogP contribution in [0.5, 0.6) is 0 Å². The SMILES string of the molecule is Cc1ccc(S(=O)(=O)Nc2ccc(C(=O)N3CCCCC3C)cc2)cc1C. The van der Waals surface area contributed by atoms with Crippen LogP contribution in [0.2, 0.25) is 0 Å². The first-order valence-corrected chi connectivity index (χ1v) is 10.8. The number of nitrogens with zero attached hydrogens (tertiary/aromatic N) is 1. The van der Waals surface area contributed by atoms with Crippen molar-refractivity contribution in [2.75, 3.05) is 11.3 Å². The van der Waals surface area contributed by atoms with E-state index in [1.165, 1.54) is 0 Å². The third-order valence-electron chi connectivity index (χ3n) is 5.24. The van der Waals surface area contributed by atoms with Gasteiger partial charge in [-0.25, -0.2) is 8.42 Å². The summed E-state index contributed by atoms with van der Waals surface area (Å²) in [7, 11) is -3.66. The maximum absolute atomic E-state index is 12.7. The Kier molecular flexibility index (Phi) is 5.56. The minimum atomic E-state index is -3.66. The van der Waals surface area contributed by atoms with Crippen LogP contribution in [0.25, 0.3) is 0 Å². The number of likely N-dealkylation sites (tertiary alicyclic amines) is 1. The minimum absolute atomic E-state index is 0.00534. The fourth-order valence-corrected chi connectivity index (χ4v) is 4.48. The topological polar surface area (TPSA) is 66.5 Å². The molecule has 144 valence electrons. The van der Waals surface area contributed by atoms with Gasteiger partial charge in [0.25, 0.3) is 15.9 Å². The van der Waals surface area contributed by atoms with Crippen LogP contribution in [0.3, 0.4) is 0 Å². The second-order valence-electron chi connectivity index (χ2n) is 7.27. The largest absolute Gasteiger partial charge is 0.336 e. The van der Waals surface area contributed by atoms with Gasteiger partial charge in [-0.1, -0.05) is 6.07 Å². The summed E-state index contributed by atoms with van der Waals surface area (Å²) in [5.74, 6) is 0.00534. The molecule has 0 spiro atoms. The molecule has 1 heterocycles. The van der Waals surface area contributed by atoms with Crippen molar-refractivity contribution in [3.8, 4) is 0 Å².